The smallest absolute Gasteiger partial charge is 0.168 e. The summed E-state index contributed by atoms with van der Waals surface area (Å²) in [7, 11) is 1.30. The largest absolute Gasteiger partial charge is 0.379 e. The molecule has 0 amide bonds. The van der Waals surface area contributed by atoms with Crippen molar-refractivity contribution >= 4 is 0 Å². The van der Waals surface area contributed by atoms with Gasteiger partial charge in [0.05, 0.1) is 26.1 Å². The van der Waals surface area contributed by atoms with Crippen LogP contribution < -0.4 is 0 Å². The highest BCUT2D eigenvalue weighted by molar-refractivity contribution is 4.66. The predicted molar refractivity (Wildman–Crippen MR) is 28.2 cm³/mol. The average molecular weight is 129 g/mol. The van der Waals surface area contributed by atoms with E-state index in [1.807, 2.05) is 6.07 Å². The van der Waals surface area contributed by atoms with Gasteiger partial charge in [-0.25, -0.2) is 5.21 Å². The maximum absolute atomic E-state index is 10.1. The first-order valence-electron chi connectivity index (χ1n) is 2.38. The molecule has 0 atom stereocenters. The topological polar surface area (TPSA) is 71.4 Å². The summed E-state index contributed by atoms with van der Waals surface area (Å²) in [5.41, 5.74) is 0. The van der Waals surface area contributed by atoms with E-state index >= 15 is 0 Å². The molecule has 0 aliphatic rings. The van der Waals surface area contributed by atoms with Gasteiger partial charge in [0.2, 0.25) is 0 Å². The molecule has 0 aromatic carbocycles. The van der Waals surface area contributed by atoms with Crippen LogP contribution in [0.2, 0.25) is 0 Å². The molecule has 0 radical (unpaired) electrons. The molecule has 0 saturated carbocycles. The lowest BCUT2D eigenvalue weighted by atomic mass is 10.5. The molecule has 0 aliphatic heterocycles. The quantitative estimate of drug-likeness (QED) is 0.315. The molecule has 0 aliphatic carbocycles. The van der Waals surface area contributed by atoms with Crippen LogP contribution in [0.5, 0.6) is 0 Å². The van der Waals surface area contributed by atoms with Gasteiger partial charge in [-0.1, -0.05) is 0 Å². The van der Waals surface area contributed by atoms with Gasteiger partial charge in [-0.15, -0.1) is 0 Å². The molecule has 0 saturated heterocycles. The van der Waals surface area contributed by atoms with E-state index in [0.717, 1.165) is 0 Å². The molecular weight excluding hydrogens is 122 g/mol. The van der Waals surface area contributed by atoms with Crippen LogP contribution in [0.15, 0.2) is 5.11 Å². The van der Waals surface area contributed by atoms with Gasteiger partial charge in [0.25, 0.3) is 0 Å². The Kier molecular flexibility index (Phi) is 4.14. The molecule has 0 rings (SSSR count). The van der Waals surface area contributed by atoms with Crippen LogP contribution in [0, 0.1) is 16.5 Å². The Morgan fingerprint density at radius 2 is 2.56 bits per heavy atom. The van der Waals surface area contributed by atoms with E-state index in [-0.39, 0.29) is 18.1 Å². The summed E-state index contributed by atoms with van der Waals surface area (Å²) in [4.78, 5) is 4.32. The monoisotopic (exact) mass is 129 g/mol. The van der Waals surface area contributed by atoms with Crippen LogP contribution >= 0.6 is 0 Å². The molecule has 50 valence electrons. The molecule has 5 heteroatoms. The number of nitrogens with zero attached hydrogens (tertiary/aromatic N) is 3. The van der Waals surface area contributed by atoms with E-state index in [4.69, 9.17) is 5.26 Å². The van der Waals surface area contributed by atoms with Gasteiger partial charge in [-0.2, -0.15) is 5.26 Å². The van der Waals surface area contributed by atoms with Crippen LogP contribution in [-0.4, -0.2) is 18.7 Å². The Morgan fingerprint density at radius 3 is 3.00 bits per heavy atom. The van der Waals surface area contributed by atoms with Gasteiger partial charge in [0.1, 0.15) is 0 Å². The first-order valence-corrected chi connectivity index (χ1v) is 2.38. The predicted octanol–water partition coefficient (Wildman–Crippen LogP) is 0.424. The van der Waals surface area contributed by atoms with Crippen molar-refractivity contribution < 1.29 is 9.86 Å². The van der Waals surface area contributed by atoms with E-state index in [9.17, 15) is 5.21 Å². The molecule has 0 unspecified atom stereocenters. The SMILES string of the molecule is CN=[N+]([O-])OCCC#N. The van der Waals surface area contributed by atoms with Crippen molar-refractivity contribution in [1.82, 2.24) is 0 Å². The zero-order valence-electron chi connectivity index (χ0n) is 5.07. The molecule has 0 fully saturated rings. The lowest BCUT2D eigenvalue weighted by molar-refractivity contribution is -0.789. The fourth-order valence-electron chi connectivity index (χ4n) is 0.227. The van der Waals surface area contributed by atoms with E-state index in [1.54, 1.807) is 0 Å². The molecule has 0 aromatic heterocycles. The minimum Gasteiger partial charge on any atom is -0.379 e. The third-order valence-corrected chi connectivity index (χ3v) is 0.579. The van der Waals surface area contributed by atoms with Crippen molar-refractivity contribution in [2.75, 3.05) is 13.7 Å². The molecule has 0 heterocycles. The van der Waals surface area contributed by atoms with Crippen molar-refractivity contribution in [3.63, 3.8) is 0 Å². The summed E-state index contributed by atoms with van der Waals surface area (Å²) in [5.74, 6) is 0. The van der Waals surface area contributed by atoms with Crippen LogP contribution in [0.25, 0.3) is 0 Å². The maximum atomic E-state index is 10.1. The van der Waals surface area contributed by atoms with Crippen LogP contribution in [0.3, 0.4) is 0 Å². The Bertz CT molecular complexity index is 137. The molecule has 0 spiro atoms. The van der Waals surface area contributed by atoms with Crippen molar-refractivity contribution in [2.24, 2.45) is 5.11 Å². The first-order chi connectivity index (χ1) is 4.31. The Hall–Kier alpha value is -1.31. The minimum atomic E-state index is 0.0807. The van der Waals surface area contributed by atoms with E-state index in [0.29, 0.717) is 0 Å². The number of nitriles is 1. The summed E-state index contributed by atoms with van der Waals surface area (Å²) < 4.78 is 0. The number of rotatable bonds is 3. The molecule has 5 nitrogen and oxygen atoms in total. The maximum Gasteiger partial charge on any atom is 0.168 e. The highest BCUT2D eigenvalue weighted by Crippen LogP contribution is 1.80. The van der Waals surface area contributed by atoms with E-state index in [1.165, 1.54) is 7.05 Å². The Morgan fingerprint density at radius 1 is 1.89 bits per heavy atom. The summed E-state index contributed by atoms with van der Waals surface area (Å²) in [6, 6.07) is 1.81. The lowest BCUT2D eigenvalue weighted by Crippen LogP contribution is -2.02. The van der Waals surface area contributed by atoms with Crippen molar-refractivity contribution in [2.45, 2.75) is 6.42 Å². The zero-order chi connectivity index (χ0) is 7.11. The van der Waals surface area contributed by atoms with E-state index < -0.39 is 0 Å². The second-order valence-corrected chi connectivity index (χ2v) is 1.18. The Labute approximate surface area is 52.7 Å². The van der Waals surface area contributed by atoms with Crippen LogP contribution in [-0.2, 0) is 4.84 Å². The van der Waals surface area contributed by atoms with Crippen molar-refractivity contribution in [1.29, 1.82) is 5.26 Å². The van der Waals surface area contributed by atoms with Crippen LogP contribution in [0.1, 0.15) is 6.42 Å². The number of hydrogen-bond acceptors (Lipinski definition) is 4. The third kappa shape index (κ3) is 4.55. The Balaban J connectivity index is 3.20. The van der Waals surface area contributed by atoms with Crippen molar-refractivity contribution in [3.8, 4) is 6.07 Å². The summed E-state index contributed by atoms with van der Waals surface area (Å²) in [5, 5.41) is 21.3. The molecular formula is C4H7N3O2. The van der Waals surface area contributed by atoms with Crippen molar-refractivity contribution in [3.05, 3.63) is 5.21 Å². The normalized spacial score (nSPS) is 10.4. The first kappa shape index (κ1) is 7.69. The highest BCUT2D eigenvalue weighted by atomic mass is 16.9. The van der Waals surface area contributed by atoms with Gasteiger partial charge >= 0.3 is 0 Å². The number of hydrogen-bond donors (Lipinski definition) is 0. The molecule has 0 aromatic rings. The summed E-state index contributed by atoms with van der Waals surface area (Å²) >= 11 is 0. The standard InChI is InChI=1S/C4H7N3O2/c1-6-7(8)9-4-2-3-5/h2,4H2,1H3. The summed E-state index contributed by atoms with van der Waals surface area (Å²) in [6.07, 6.45) is 0.203. The second-order valence-electron chi connectivity index (χ2n) is 1.18. The van der Waals surface area contributed by atoms with Crippen LogP contribution in [0.4, 0.5) is 0 Å². The van der Waals surface area contributed by atoms with Gasteiger partial charge in [0, 0.05) is 5.11 Å². The van der Waals surface area contributed by atoms with Gasteiger partial charge in [-0.05, 0) is 0 Å². The van der Waals surface area contributed by atoms with Gasteiger partial charge in [0.15, 0.2) is 5.02 Å². The lowest BCUT2D eigenvalue weighted by Gasteiger charge is -1.95. The summed E-state index contributed by atoms with van der Waals surface area (Å²) in [6.45, 7) is 0.0946. The van der Waals surface area contributed by atoms with E-state index in [2.05, 4.69) is 9.95 Å². The average Bonchev–Trinajstić information content (AvgIpc) is 1.89. The fourth-order valence-corrected chi connectivity index (χ4v) is 0.227. The zero-order valence-corrected chi connectivity index (χ0v) is 5.07. The fraction of sp³-hybridized carbons (Fsp3) is 0.750. The van der Waals surface area contributed by atoms with Gasteiger partial charge < -0.3 is 4.84 Å². The highest BCUT2D eigenvalue weighted by Gasteiger charge is 1.87. The molecule has 9 heavy (non-hydrogen) atoms. The third-order valence-electron chi connectivity index (χ3n) is 0.579. The molecule has 0 N–H and O–H groups in total. The van der Waals surface area contributed by atoms with Gasteiger partial charge in [-0.3, -0.25) is 0 Å². The second kappa shape index (κ2) is 4.84. The molecule has 0 bridgehead atoms. The minimum absolute atomic E-state index is 0.0807.